The van der Waals surface area contributed by atoms with Crippen LogP contribution in [0.2, 0.25) is 0 Å². The van der Waals surface area contributed by atoms with Crippen molar-refractivity contribution in [3.05, 3.63) is 58.8 Å². The van der Waals surface area contributed by atoms with Crippen LogP contribution in [0.5, 0.6) is 5.75 Å². The van der Waals surface area contributed by atoms with E-state index in [-0.39, 0.29) is 5.92 Å². The maximum absolute atomic E-state index is 11.8. The molecule has 3 aromatic rings. The van der Waals surface area contributed by atoms with Gasteiger partial charge in [0.1, 0.15) is 11.5 Å². The second-order valence-corrected chi connectivity index (χ2v) is 8.56. The molecule has 0 aliphatic carbocycles. The summed E-state index contributed by atoms with van der Waals surface area (Å²) in [6.07, 6.45) is 3.78. The number of hydrogen-bond donors (Lipinski definition) is 2. The van der Waals surface area contributed by atoms with Gasteiger partial charge in [0.05, 0.1) is 23.1 Å². The first-order valence-electron chi connectivity index (χ1n) is 10.6. The molecule has 0 saturated carbocycles. The molecule has 2 aromatic heterocycles. The van der Waals surface area contributed by atoms with Crippen molar-refractivity contribution in [1.82, 2.24) is 4.98 Å². The van der Waals surface area contributed by atoms with E-state index in [1.54, 1.807) is 11.3 Å². The highest BCUT2D eigenvalue weighted by Crippen LogP contribution is 2.26. The van der Waals surface area contributed by atoms with E-state index in [4.69, 9.17) is 14.4 Å². The number of carbonyl (C=O) groups is 1. The number of carboxylic acids is 1. The van der Waals surface area contributed by atoms with Crippen LogP contribution in [-0.4, -0.2) is 34.1 Å². The van der Waals surface area contributed by atoms with E-state index >= 15 is 0 Å². The van der Waals surface area contributed by atoms with Gasteiger partial charge in [0.2, 0.25) is 5.89 Å². The number of ether oxygens (including phenoxy) is 1. The Bertz CT molecular complexity index is 1010. The standard InChI is InChI=1S/C24H28N2O5S/c1-3-5-18(15-25-29)20(24(27)28)14-17-7-9-19(10-8-17)30-12-11-21-16(2)31-23(26-21)22-6-4-13-32-22/h4,6-10,13,15,18,20,29H,3,5,11-12,14H2,1-2H3,(H,27,28)/b25-15+. The Labute approximate surface area is 191 Å². The fourth-order valence-electron chi connectivity index (χ4n) is 3.63. The van der Waals surface area contributed by atoms with Crippen molar-refractivity contribution in [3.8, 4) is 16.5 Å². The number of thiophene rings is 1. The second-order valence-electron chi connectivity index (χ2n) is 7.61. The zero-order valence-electron chi connectivity index (χ0n) is 18.2. The van der Waals surface area contributed by atoms with Crippen LogP contribution in [0.4, 0.5) is 0 Å². The Hall–Kier alpha value is -3.13. The lowest BCUT2D eigenvalue weighted by atomic mass is 9.85. The van der Waals surface area contributed by atoms with Crippen molar-refractivity contribution in [2.45, 2.75) is 39.5 Å². The average molecular weight is 457 g/mol. The van der Waals surface area contributed by atoms with E-state index < -0.39 is 11.9 Å². The summed E-state index contributed by atoms with van der Waals surface area (Å²) in [5, 5.41) is 23.6. The molecule has 0 fully saturated rings. The number of aromatic nitrogens is 1. The molecule has 2 atom stereocenters. The number of nitrogens with zero attached hydrogens (tertiary/aromatic N) is 2. The van der Waals surface area contributed by atoms with E-state index in [9.17, 15) is 9.90 Å². The van der Waals surface area contributed by atoms with Crippen molar-refractivity contribution >= 4 is 23.5 Å². The first kappa shape index (κ1) is 23.5. The van der Waals surface area contributed by atoms with E-state index in [2.05, 4.69) is 10.1 Å². The van der Waals surface area contributed by atoms with Gasteiger partial charge >= 0.3 is 5.97 Å². The summed E-state index contributed by atoms with van der Waals surface area (Å²) in [7, 11) is 0. The molecule has 7 nitrogen and oxygen atoms in total. The van der Waals surface area contributed by atoms with Crippen LogP contribution in [0, 0.1) is 18.8 Å². The van der Waals surface area contributed by atoms with Crippen LogP contribution in [0.1, 0.15) is 36.8 Å². The molecule has 2 unspecified atom stereocenters. The number of aryl methyl sites for hydroxylation is 1. The predicted octanol–water partition coefficient (Wildman–Crippen LogP) is 5.45. The molecular weight excluding hydrogens is 428 g/mol. The summed E-state index contributed by atoms with van der Waals surface area (Å²) in [6.45, 7) is 4.34. The van der Waals surface area contributed by atoms with Gasteiger partial charge in [0.15, 0.2) is 0 Å². The zero-order valence-corrected chi connectivity index (χ0v) is 19.0. The monoisotopic (exact) mass is 456 g/mol. The number of hydrogen-bond acceptors (Lipinski definition) is 7. The van der Waals surface area contributed by atoms with Gasteiger partial charge in [-0.25, -0.2) is 4.98 Å². The third kappa shape index (κ3) is 6.20. The summed E-state index contributed by atoms with van der Waals surface area (Å²) in [4.78, 5) is 17.3. The lowest BCUT2D eigenvalue weighted by Crippen LogP contribution is -2.27. The van der Waals surface area contributed by atoms with Crippen molar-refractivity contribution in [2.24, 2.45) is 17.0 Å². The molecule has 0 aliphatic rings. The molecular formula is C24H28N2O5S. The SMILES string of the molecule is CCCC(/C=N/O)C(Cc1ccc(OCCc2nc(-c3cccs3)oc2C)cc1)C(=O)O. The minimum Gasteiger partial charge on any atom is -0.493 e. The Kier molecular flexibility index (Phi) is 8.44. The minimum atomic E-state index is -0.895. The van der Waals surface area contributed by atoms with Crippen LogP contribution < -0.4 is 4.74 Å². The number of carboxylic acid groups (broad SMARTS) is 1. The van der Waals surface area contributed by atoms with E-state index in [0.29, 0.717) is 37.5 Å². The molecule has 32 heavy (non-hydrogen) atoms. The summed E-state index contributed by atoms with van der Waals surface area (Å²) < 4.78 is 11.6. The molecule has 2 N–H and O–H groups in total. The first-order chi connectivity index (χ1) is 15.5. The smallest absolute Gasteiger partial charge is 0.307 e. The summed E-state index contributed by atoms with van der Waals surface area (Å²) >= 11 is 1.59. The van der Waals surface area contributed by atoms with Crippen molar-refractivity contribution < 1.29 is 24.3 Å². The molecule has 1 aromatic carbocycles. The van der Waals surface area contributed by atoms with Gasteiger partial charge in [-0.2, -0.15) is 0 Å². The zero-order chi connectivity index (χ0) is 22.9. The molecule has 2 heterocycles. The molecule has 0 saturated heterocycles. The average Bonchev–Trinajstić information content (AvgIpc) is 3.43. The third-order valence-electron chi connectivity index (χ3n) is 5.33. The lowest BCUT2D eigenvalue weighted by molar-refractivity contribution is -0.142. The van der Waals surface area contributed by atoms with Crippen LogP contribution in [0.25, 0.3) is 10.8 Å². The Morgan fingerprint density at radius 3 is 2.72 bits per heavy atom. The van der Waals surface area contributed by atoms with Gasteiger partial charge in [-0.3, -0.25) is 4.79 Å². The number of oxazole rings is 1. The van der Waals surface area contributed by atoms with Gasteiger partial charge in [-0.05, 0) is 48.9 Å². The van der Waals surface area contributed by atoms with E-state index in [1.165, 1.54) is 6.21 Å². The molecule has 0 radical (unpaired) electrons. The predicted molar refractivity (Wildman–Crippen MR) is 124 cm³/mol. The van der Waals surface area contributed by atoms with E-state index in [1.807, 2.05) is 55.6 Å². The number of aliphatic carboxylic acids is 1. The highest BCUT2D eigenvalue weighted by atomic mass is 32.1. The molecule has 0 bridgehead atoms. The van der Waals surface area contributed by atoms with Gasteiger partial charge in [-0.1, -0.05) is 31.5 Å². The van der Waals surface area contributed by atoms with Gasteiger partial charge in [-0.15, -0.1) is 16.5 Å². The fourth-order valence-corrected chi connectivity index (χ4v) is 4.28. The molecule has 8 heteroatoms. The van der Waals surface area contributed by atoms with Crippen molar-refractivity contribution in [1.29, 1.82) is 0 Å². The lowest BCUT2D eigenvalue weighted by Gasteiger charge is -2.19. The van der Waals surface area contributed by atoms with Crippen LogP contribution >= 0.6 is 11.3 Å². The van der Waals surface area contributed by atoms with Crippen LogP contribution in [0.15, 0.2) is 51.4 Å². The number of benzene rings is 1. The van der Waals surface area contributed by atoms with Gasteiger partial charge in [0.25, 0.3) is 0 Å². The van der Waals surface area contributed by atoms with E-state index in [0.717, 1.165) is 28.3 Å². The van der Waals surface area contributed by atoms with Crippen LogP contribution in [-0.2, 0) is 17.6 Å². The highest BCUT2D eigenvalue weighted by molar-refractivity contribution is 7.13. The fraction of sp³-hybridized carbons (Fsp3) is 0.375. The molecule has 0 amide bonds. The number of oxime groups is 1. The van der Waals surface area contributed by atoms with Crippen molar-refractivity contribution in [3.63, 3.8) is 0 Å². The number of rotatable bonds is 12. The Morgan fingerprint density at radius 2 is 2.09 bits per heavy atom. The summed E-state index contributed by atoms with van der Waals surface area (Å²) in [5.74, 6) is 0.280. The van der Waals surface area contributed by atoms with Crippen molar-refractivity contribution in [2.75, 3.05) is 6.61 Å². The molecule has 3 rings (SSSR count). The quantitative estimate of drug-likeness (QED) is 0.213. The topological polar surface area (TPSA) is 105 Å². The summed E-state index contributed by atoms with van der Waals surface area (Å²) in [6, 6.07) is 11.4. The Morgan fingerprint density at radius 1 is 1.31 bits per heavy atom. The first-order valence-corrected chi connectivity index (χ1v) is 11.5. The summed E-state index contributed by atoms with van der Waals surface area (Å²) in [5.41, 5.74) is 1.77. The normalized spacial score (nSPS) is 13.3. The Balaban J connectivity index is 1.56. The minimum absolute atomic E-state index is 0.316. The van der Waals surface area contributed by atoms with Gasteiger partial charge < -0.3 is 19.5 Å². The highest BCUT2D eigenvalue weighted by Gasteiger charge is 2.27. The second kappa shape index (κ2) is 11.5. The molecule has 0 aliphatic heterocycles. The third-order valence-corrected chi connectivity index (χ3v) is 6.18. The maximum atomic E-state index is 11.8. The molecule has 0 spiro atoms. The largest absolute Gasteiger partial charge is 0.493 e. The maximum Gasteiger partial charge on any atom is 0.307 e. The van der Waals surface area contributed by atoms with Gasteiger partial charge in [0, 0.05) is 18.6 Å². The van der Waals surface area contributed by atoms with Crippen LogP contribution in [0.3, 0.4) is 0 Å². The molecule has 170 valence electrons.